The molecule has 2 rings (SSSR count). The molecule has 0 aromatic heterocycles. The van der Waals surface area contributed by atoms with Gasteiger partial charge in [-0.25, -0.2) is 8.78 Å². The van der Waals surface area contributed by atoms with Crippen LogP contribution in [0.1, 0.15) is 44.6 Å². The molecule has 1 N–H and O–H groups in total. The van der Waals surface area contributed by atoms with E-state index in [2.05, 4.69) is 5.32 Å². The van der Waals surface area contributed by atoms with Crippen molar-refractivity contribution in [1.82, 2.24) is 5.32 Å². The molecule has 21 heavy (non-hydrogen) atoms. The maximum absolute atomic E-state index is 13.7. The first kappa shape index (κ1) is 16.4. The second-order valence-electron chi connectivity index (χ2n) is 5.76. The predicted molar refractivity (Wildman–Crippen MR) is 80.4 cm³/mol. The van der Waals surface area contributed by atoms with Crippen LogP contribution in [0.2, 0.25) is 0 Å². The maximum atomic E-state index is 13.7. The number of hydrogen-bond donors (Lipinski definition) is 1. The first-order chi connectivity index (χ1) is 10.2. The van der Waals surface area contributed by atoms with Gasteiger partial charge in [-0.1, -0.05) is 13.0 Å². The number of likely N-dealkylation sites (N-methyl/N-ethyl adjacent to an activating group) is 1. The molecule has 4 heteroatoms. The molecule has 1 aromatic rings. The lowest BCUT2D eigenvalue weighted by Crippen LogP contribution is -2.31. The van der Waals surface area contributed by atoms with Crippen molar-refractivity contribution in [2.24, 2.45) is 0 Å². The molecule has 2 nitrogen and oxygen atoms in total. The van der Waals surface area contributed by atoms with Gasteiger partial charge in [0.2, 0.25) is 0 Å². The van der Waals surface area contributed by atoms with Gasteiger partial charge in [-0.3, -0.25) is 0 Å². The van der Waals surface area contributed by atoms with Crippen LogP contribution in [-0.2, 0) is 11.2 Å². The smallest absolute Gasteiger partial charge is 0.129 e. The van der Waals surface area contributed by atoms with Gasteiger partial charge in [-0.05, 0) is 56.7 Å². The van der Waals surface area contributed by atoms with Crippen LogP contribution in [0.4, 0.5) is 8.78 Å². The van der Waals surface area contributed by atoms with Crippen molar-refractivity contribution in [1.29, 1.82) is 0 Å². The third-order valence-corrected chi connectivity index (χ3v) is 4.08. The fraction of sp³-hybridized carbons (Fsp3) is 0.647. The molecule has 0 bridgehead atoms. The van der Waals surface area contributed by atoms with E-state index < -0.39 is 11.6 Å². The number of halogens is 2. The lowest BCUT2D eigenvalue weighted by atomic mass is 9.99. The molecule has 1 saturated heterocycles. The summed E-state index contributed by atoms with van der Waals surface area (Å²) in [5, 5.41) is 3.40. The van der Waals surface area contributed by atoms with Crippen molar-refractivity contribution in [3.63, 3.8) is 0 Å². The van der Waals surface area contributed by atoms with E-state index in [0.717, 1.165) is 38.5 Å². The summed E-state index contributed by atoms with van der Waals surface area (Å²) in [6, 6.07) is 4.07. The van der Waals surface area contributed by atoms with Crippen LogP contribution >= 0.6 is 0 Å². The van der Waals surface area contributed by atoms with E-state index in [1.807, 2.05) is 6.92 Å². The molecule has 0 saturated carbocycles. The Kier molecular flexibility index (Phi) is 6.58. The Balaban J connectivity index is 1.82. The minimum Gasteiger partial charge on any atom is -0.378 e. The molecular weight excluding hydrogens is 272 g/mol. The fourth-order valence-electron chi connectivity index (χ4n) is 2.98. The minimum absolute atomic E-state index is 0.233. The van der Waals surface area contributed by atoms with E-state index in [1.54, 1.807) is 6.07 Å². The third-order valence-electron chi connectivity index (χ3n) is 4.08. The zero-order valence-corrected chi connectivity index (χ0v) is 12.7. The molecule has 1 aromatic carbocycles. The first-order valence-electron chi connectivity index (χ1n) is 7.98. The van der Waals surface area contributed by atoms with Gasteiger partial charge in [0.15, 0.2) is 0 Å². The Labute approximate surface area is 125 Å². The van der Waals surface area contributed by atoms with Crippen molar-refractivity contribution in [3.05, 3.63) is 35.4 Å². The summed E-state index contributed by atoms with van der Waals surface area (Å²) < 4.78 is 32.3. The quantitative estimate of drug-likeness (QED) is 0.787. The van der Waals surface area contributed by atoms with Crippen LogP contribution in [0.5, 0.6) is 0 Å². The zero-order valence-electron chi connectivity index (χ0n) is 12.7. The molecule has 2 unspecified atom stereocenters. The van der Waals surface area contributed by atoms with Gasteiger partial charge < -0.3 is 10.1 Å². The van der Waals surface area contributed by atoms with Crippen molar-refractivity contribution >= 4 is 0 Å². The van der Waals surface area contributed by atoms with Crippen molar-refractivity contribution in [2.75, 3.05) is 13.2 Å². The minimum atomic E-state index is -0.519. The largest absolute Gasteiger partial charge is 0.378 e. The van der Waals surface area contributed by atoms with E-state index in [9.17, 15) is 8.78 Å². The molecular formula is C17H25F2NO. The summed E-state index contributed by atoms with van der Waals surface area (Å²) in [5.41, 5.74) is 0.583. The maximum Gasteiger partial charge on any atom is 0.129 e. The van der Waals surface area contributed by atoms with E-state index >= 15 is 0 Å². The van der Waals surface area contributed by atoms with Crippen LogP contribution in [-0.4, -0.2) is 25.3 Å². The fourth-order valence-corrected chi connectivity index (χ4v) is 2.98. The first-order valence-corrected chi connectivity index (χ1v) is 7.98. The number of ether oxygens (including phenoxy) is 1. The Morgan fingerprint density at radius 3 is 2.90 bits per heavy atom. The molecule has 1 heterocycles. The summed E-state index contributed by atoms with van der Waals surface area (Å²) in [7, 11) is 0. The molecule has 0 radical (unpaired) electrons. The lowest BCUT2D eigenvalue weighted by molar-refractivity contribution is 0.101. The molecule has 1 fully saturated rings. The molecule has 1 aliphatic heterocycles. The molecule has 2 atom stereocenters. The second kappa shape index (κ2) is 8.44. The second-order valence-corrected chi connectivity index (χ2v) is 5.76. The predicted octanol–water partition coefficient (Wildman–Crippen LogP) is 3.83. The summed E-state index contributed by atoms with van der Waals surface area (Å²) in [6.07, 6.45) is 6.49. The van der Waals surface area contributed by atoms with Gasteiger partial charge in [0.1, 0.15) is 11.6 Å². The van der Waals surface area contributed by atoms with Crippen LogP contribution in [0.15, 0.2) is 18.2 Å². The third kappa shape index (κ3) is 5.36. The van der Waals surface area contributed by atoms with E-state index in [1.165, 1.54) is 18.9 Å². The van der Waals surface area contributed by atoms with Crippen LogP contribution in [0.25, 0.3) is 0 Å². The number of benzene rings is 1. The summed E-state index contributed by atoms with van der Waals surface area (Å²) >= 11 is 0. The van der Waals surface area contributed by atoms with Gasteiger partial charge in [0.25, 0.3) is 0 Å². The van der Waals surface area contributed by atoms with Crippen molar-refractivity contribution in [3.8, 4) is 0 Å². The number of nitrogens with one attached hydrogen (secondary N) is 1. The van der Waals surface area contributed by atoms with Crippen LogP contribution in [0.3, 0.4) is 0 Å². The average molecular weight is 297 g/mol. The van der Waals surface area contributed by atoms with E-state index in [4.69, 9.17) is 4.74 Å². The van der Waals surface area contributed by atoms with E-state index in [-0.39, 0.29) is 6.04 Å². The van der Waals surface area contributed by atoms with Gasteiger partial charge in [-0.2, -0.15) is 0 Å². The normalized spacial score (nSPS) is 19.9. The SMILES string of the molecule is CCNC(CCCC1CCCO1)Cc1ccc(F)cc1F. The standard InChI is InChI=1S/C17H25F2NO/c1-2-20-15(5-3-6-16-7-4-10-21-16)11-13-8-9-14(18)12-17(13)19/h8-9,12,15-16,20H,2-7,10-11H2,1H3. The summed E-state index contributed by atoms with van der Waals surface area (Å²) in [5.74, 6) is -0.966. The average Bonchev–Trinajstić information content (AvgIpc) is 2.95. The van der Waals surface area contributed by atoms with Crippen LogP contribution < -0.4 is 5.32 Å². The van der Waals surface area contributed by atoms with Crippen molar-refractivity contribution < 1.29 is 13.5 Å². The molecule has 1 aliphatic rings. The molecule has 0 aliphatic carbocycles. The molecule has 0 spiro atoms. The van der Waals surface area contributed by atoms with Crippen LogP contribution in [0, 0.1) is 11.6 Å². The highest BCUT2D eigenvalue weighted by Crippen LogP contribution is 2.19. The lowest BCUT2D eigenvalue weighted by Gasteiger charge is -2.19. The van der Waals surface area contributed by atoms with Crippen molar-refractivity contribution in [2.45, 2.75) is 57.6 Å². The summed E-state index contributed by atoms with van der Waals surface area (Å²) in [4.78, 5) is 0. The highest BCUT2D eigenvalue weighted by molar-refractivity contribution is 5.19. The topological polar surface area (TPSA) is 21.3 Å². The van der Waals surface area contributed by atoms with Gasteiger partial charge in [-0.15, -0.1) is 0 Å². The highest BCUT2D eigenvalue weighted by atomic mass is 19.1. The number of rotatable bonds is 8. The van der Waals surface area contributed by atoms with E-state index in [0.29, 0.717) is 18.1 Å². The Morgan fingerprint density at radius 2 is 2.24 bits per heavy atom. The Morgan fingerprint density at radius 1 is 1.38 bits per heavy atom. The zero-order chi connectivity index (χ0) is 15.1. The Hall–Kier alpha value is -1.00. The number of hydrogen-bond acceptors (Lipinski definition) is 2. The van der Waals surface area contributed by atoms with Gasteiger partial charge in [0.05, 0.1) is 6.10 Å². The van der Waals surface area contributed by atoms with Gasteiger partial charge >= 0.3 is 0 Å². The Bertz CT molecular complexity index is 433. The monoisotopic (exact) mass is 297 g/mol. The van der Waals surface area contributed by atoms with Gasteiger partial charge in [0, 0.05) is 18.7 Å². The molecule has 118 valence electrons. The molecule has 0 amide bonds. The summed E-state index contributed by atoms with van der Waals surface area (Å²) in [6.45, 7) is 3.80. The highest BCUT2D eigenvalue weighted by Gasteiger charge is 2.17.